The van der Waals surface area contributed by atoms with E-state index in [1.807, 2.05) is 0 Å². The van der Waals surface area contributed by atoms with Crippen LogP contribution in [0.5, 0.6) is 0 Å². The number of hydrogen-bond donors (Lipinski definition) is 0. The SMILES string of the molecule is CC1CCCN(C2CC(C)CCC2C#N)CC1. The van der Waals surface area contributed by atoms with E-state index in [4.69, 9.17) is 0 Å². The molecule has 4 unspecified atom stereocenters. The number of rotatable bonds is 1. The van der Waals surface area contributed by atoms with Crippen LogP contribution in [0.2, 0.25) is 0 Å². The highest BCUT2D eigenvalue weighted by Crippen LogP contribution is 2.33. The molecular weight excluding hydrogens is 208 g/mol. The summed E-state index contributed by atoms with van der Waals surface area (Å²) in [6.07, 6.45) is 7.63. The van der Waals surface area contributed by atoms with Crippen molar-refractivity contribution in [1.82, 2.24) is 4.90 Å². The fourth-order valence-electron chi connectivity index (χ4n) is 3.52. The lowest BCUT2D eigenvalue weighted by Crippen LogP contribution is -2.44. The monoisotopic (exact) mass is 234 g/mol. The normalized spacial score (nSPS) is 40.5. The minimum absolute atomic E-state index is 0.291. The molecule has 4 atom stereocenters. The highest BCUT2D eigenvalue weighted by atomic mass is 15.2. The van der Waals surface area contributed by atoms with Crippen LogP contribution in [0.15, 0.2) is 0 Å². The van der Waals surface area contributed by atoms with Crippen molar-refractivity contribution < 1.29 is 0 Å². The van der Waals surface area contributed by atoms with Gasteiger partial charge in [-0.3, -0.25) is 4.90 Å². The van der Waals surface area contributed by atoms with E-state index in [0.717, 1.165) is 18.3 Å². The van der Waals surface area contributed by atoms with E-state index in [2.05, 4.69) is 24.8 Å². The van der Waals surface area contributed by atoms with Crippen molar-refractivity contribution in [3.05, 3.63) is 0 Å². The van der Waals surface area contributed by atoms with E-state index >= 15 is 0 Å². The molecule has 0 amide bonds. The Hall–Kier alpha value is -0.550. The van der Waals surface area contributed by atoms with Gasteiger partial charge in [0.1, 0.15) is 0 Å². The molecule has 1 heterocycles. The lowest BCUT2D eigenvalue weighted by Gasteiger charge is -2.39. The molecule has 0 N–H and O–H groups in total. The first kappa shape index (κ1) is 12.9. The molecule has 2 fully saturated rings. The van der Waals surface area contributed by atoms with Gasteiger partial charge < -0.3 is 0 Å². The van der Waals surface area contributed by atoms with Gasteiger partial charge in [-0.25, -0.2) is 0 Å². The van der Waals surface area contributed by atoms with Crippen molar-refractivity contribution in [3.8, 4) is 6.07 Å². The van der Waals surface area contributed by atoms with Crippen molar-refractivity contribution in [1.29, 1.82) is 5.26 Å². The summed E-state index contributed by atoms with van der Waals surface area (Å²) >= 11 is 0. The average molecular weight is 234 g/mol. The Balaban J connectivity index is 2.00. The molecule has 0 aromatic rings. The largest absolute Gasteiger partial charge is 0.299 e. The lowest BCUT2D eigenvalue weighted by atomic mass is 9.79. The van der Waals surface area contributed by atoms with Crippen LogP contribution in [0.1, 0.15) is 52.4 Å². The molecule has 1 saturated heterocycles. The predicted octanol–water partition coefficient (Wildman–Crippen LogP) is 3.44. The molecule has 1 saturated carbocycles. The number of likely N-dealkylation sites (tertiary alicyclic amines) is 1. The number of nitrogens with zero attached hydrogens (tertiary/aromatic N) is 2. The summed E-state index contributed by atoms with van der Waals surface area (Å²) in [7, 11) is 0. The van der Waals surface area contributed by atoms with E-state index in [0.29, 0.717) is 12.0 Å². The third kappa shape index (κ3) is 3.22. The molecule has 0 radical (unpaired) electrons. The van der Waals surface area contributed by atoms with Crippen LogP contribution in [-0.2, 0) is 0 Å². The van der Waals surface area contributed by atoms with Crippen LogP contribution >= 0.6 is 0 Å². The Kier molecular flexibility index (Phi) is 4.45. The van der Waals surface area contributed by atoms with E-state index in [1.165, 1.54) is 45.2 Å². The summed E-state index contributed by atoms with van der Waals surface area (Å²) in [6, 6.07) is 3.11. The molecule has 0 aromatic heterocycles. The van der Waals surface area contributed by atoms with E-state index in [1.54, 1.807) is 0 Å². The highest BCUT2D eigenvalue weighted by Gasteiger charge is 2.33. The summed E-state index contributed by atoms with van der Waals surface area (Å²) in [5, 5.41) is 9.32. The van der Waals surface area contributed by atoms with Crippen LogP contribution in [0.3, 0.4) is 0 Å². The lowest BCUT2D eigenvalue weighted by molar-refractivity contribution is 0.108. The molecule has 96 valence electrons. The Morgan fingerprint density at radius 1 is 1.00 bits per heavy atom. The van der Waals surface area contributed by atoms with Gasteiger partial charge in [0.15, 0.2) is 0 Å². The van der Waals surface area contributed by atoms with Gasteiger partial charge in [0.05, 0.1) is 12.0 Å². The predicted molar refractivity (Wildman–Crippen MR) is 70.5 cm³/mol. The van der Waals surface area contributed by atoms with Crippen LogP contribution in [0.25, 0.3) is 0 Å². The van der Waals surface area contributed by atoms with Crippen molar-refractivity contribution in [2.24, 2.45) is 17.8 Å². The standard InChI is InChI=1S/C15H26N2/c1-12-4-3-8-17(9-7-12)15-10-13(2)5-6-14(15)11-16/h12-15H,3-10H2,1-2H3. The van der Waals surface area contributed by atoms with E-state index < -0.39 is 0 Å². The maximum atomic E-state index is 9.32. The van der Waals surface area contributed by atoms with Gasteiger partial charge >= 0.3 is 0 Å². The molecule has 2 rings (SSSR count). The molecule has 2 nitrogen and oxygen atoms in total. The van der Waals surface area contributed by atoms with Crippen molar-refractivity contribution in [2.45, 2.75) is 58.4 Å². The fraction of sp³-hybridized carbons (Fsp3) is 0.933. The molecule has 0 aromatic carbocycles. The van der Waals surface area contributed by atoms with Crippen LogP contribution in [0, 0.1) is 29.1 Å². The van der Waals surface area contributed by atoms with Gasteiger partial charge in [0.25, 0.3) is 0 Å². The Bertz CT molecular complexity index is 281. The quantitative estimate of drug-likeness (QED) is 0.695. The Morgan fingerprint density at radius 2 is 1.82 bits per heavy atom. The van der Waals surface area contributed by atoms with Crippen molar-refractivity contribution >= 4 is 0 Å². The summed E-state index contributed by atoms with van der Waals surface area (Å²) in [4.78, 5) is 2.63. The number of nitriles is 1. The van der Waals surface area contributed by atoms with E-state index in [-0.39, 0.29) is 0 Å². The van der Waals surface area contributed by atoms with Crippen LogP contribution in [0.4, 0.5) is 0 Å². The maximum Gasteiger partial charge on any atom is 0.0672 e. The van der Waals surface area contributed by atoms with Gasteiger partial charge in [-0.2, -0.15) is 5.26 Å². The second kappa shape index (κ2) is 5.87. The Morgan fingerprint density at radius 3 is 2.59 bits per heavy atom. The number of hydrogen-bond acceptors (Lipinski definition) is 2. The third-order valence-electron chi connectivity index (χ3n) is 4.76. The second-order valence-corrected chi connectivity index (χ2v) is 6.29. The van der Waals surface area contributed by atoms with Crippen molar-refractivity contribution in [2.75, 3.05) is 13.1 Å². The maximum absolute atomic E-state index is 9.32. The molecule has 1 aliphatic carbocycles. The summed E-state index contributed by atoms with van der Waals surface area (Å²) in [5.74, 6) is 1.98. The minimum atomic E-state index is 0.291. The molecule has 0 bridgehead atoms. The van der Waals surface area contributed by atoms with Gasteiger partial charge in [-0.15, -0.1) is 0 Å². The summed E-state index contributed by atoms with van der Waals surface area (Å²) < 4.78 is 0. The van der Waals surface area contributed by atoms with Gasteiger partial charge in [-0.05, 0) is 63.5 Å². The molecule has 2 aliphatic rings. The zero-order valence-corrected chi connectivity index (χ0v) is 11.4. The third-order valence-corrected chi connectivity index (χ3v) is 4.76. The average Bonchev–Trinajstić information content (AvgIpc) is 2.54. The minimum Gasteiger partial charge on any atom is -0.299 e. The smallest absolute Gasteiger partial charge is 0.0672 e. The molecule has 17 heavy (non-hydrogen) atoms. The first-order chi connectivity index (χ1) is 8.20. The topological polar surface area (TPSA) is 27.0 Å². The molecule has 2 heteroatoms. The highest BCUT2D eigenvalue weighted by molar-refractivity contribution is 4.97. The second-order valence-electron chi connectivity index (χ2n) is 6.29. The van der Waals surface area contributed by atoms with E-state index in [9.17, 15) is 5.26 Å². The van der Waals surface area contributed by atoms with Crippen LogP contribution < -0.4 is 0 Å². The zero-order valence-electron chi connectivity index (χ0n) is 11.4. The summed E-state index contributed by atoms with van der Waals surface area (Å²) in [5.41, 5.74) is 0. The summed E-state index contributed by atoms with van der Waals surface area (Å²) in [6.45, 7) is 7.16. The first-order valence-corrected chi connectivity index (χ1v) is 7.34. The Labute approximate surface area is 106 Å². The zero-order chi connectivity index (χ0) is 12.3. The fourth-order valence-corrected chi connectivity index (χ4v) is 3.52. The van der Waals surface area contributed by atoms with Crippen molar-refractivity contribution in [3.63, 3.8) is 0 Å². The van der Waals surface area contributed by atoms with Gasteiger partial charge in [-0.1, -0.05) is 13.8 Å². The van der Waals surface area contributed by atoms with Crippen LogP contribution in [-0.4, -0.2) is 24.0 Å². The molecule has 1 aliphatic heterocycles. The molecule has 0 spiro atoms. The first-order valence-electron chi connectivity index (χ1n) is 7.34. The molecular formula is C15H26N2. The van der Waals surface area contributed by atoms with Gasteiger partial charge in [0, 0.05) is 6.04 Å². The van der Waals surface area contributed by atoms with Gasteiger partial charge in [0.2, 0.25) is 0 Å².